The van der Waals surface area contributed by atoms with E-state index in [1.54, 1.807) is 5.41 Å². The highest BCUT2D eigenvalue weighted by atomic mass is 33.1. The highest BCUT2D eigenvalue weighted by Crippen LogP contribution is 2.09. The molecule has 0 bridgehead atoms. The maximum atomic E-state index is 10.8. The van der Waals surface area contributed by atoms with Crippen LogP contribution in [0.15, 0.2) is 11.5 Å². The molecule has 0 radical (unpaired) electrons. The van der Waals surface area contributed by atoms with Crippen molar-refractivity contribution in [3.63, 3.8) is 0 Å². The van der Waals surface area contributed by atoms with Crippen molar-refractivity contribution in [3.05, 3.63) is 11.5 Å². The van der Waals surface area contributed by atoms with Crippen molar-refractivity contribution in [2.45, 2.75) is 20.3 Å². The molecule has 0 saturated carbocycles. The third kappa shape index (κ3) is 6.12. The van der Waals surface area contributed by atoms with Crippen LogP contribution in [-0.2, 0) is 9.83 Å². The van der Waals surface area contributed by atoms with Gasteiger partial charge >= 0.3 is 0 Å². The number of hydrogen-bond donors (Lipinski definition) is 0. The summed E-state index contributed by atoms with van der Waals surface area (Å²) >= 11 is 0. The van der Waals surface area contributed by atoms with Gasteiger partial charge in [-0.3, -0.25) is 0 Å². The lowest BCUT2D eigenvalue weighted by atomic mass is 10.6. The molecular weight excluding hydrogens is 152 g/mol. The number of hydrogen-bond acceptors (Lipinski definition) is 2. The highest BCUT2D eigenvalue weighted by Gasteiger charge is 1.90. The third-order valence-corrected chi connectivity index (χ3v) is 3.48. The average Bonchev–Trinajstić information content (AvgIpc) is 1.85. The molecule has 0 rings (SSSR count). The van der Waals surface area contributed by atoms with Gasteiger partial charge in [0.05, 0.1) is 0 Å². The molecule has 0 N–H and O–H groups in total. The molecule has 1 nitrogen and oxygen atoms in total. The average molecular weight is 164 g/mol. The van der Waals surface area contributed by atoms with E-state index < -0.39 is 9.83 Å². The molecule has 0 spiro atoms. The minimum absolute atomic E-state index is 0.784. The number of allylic oxidation sites excluding steroid dienone is 1. The van der Waals surface area contributed by atoms with Gasteiger partial charge in [0, 0.05) is 11.2 Å². The van der Waals surface area contributed by atoms with Crippen molar-refractivity contribution < 1.29 is 4.21 Å². The maximum absolute atomic E-state index is 10.8. The van der Waals surface area contributed by atoms with Gasteiger partial charge in [0.2, 0.25) is 0 Å². The Morgan fingerprint density at radius 3 is 2.78 bits per heavy atom. The summed E-state index contributed by atoms with van der Waals surface area (Å²) in [6, 6.07) is 0. The second-order valence-corrected chi connectivity index (χ2v) is 4.68. The van der Waals surface area contributed by atoms with Crippen LogP contribution in [-0.4, -0.2) is 9.96 Å². The Morgan fingerprint density at radius 2 is 2.33 bits per heavy atom. The van der Waals surface area contributed by atoms with E-state index in [1.165, 1.54) is 10.8 Å². The lowest BCUT2D eigenvalue weighted by molar-refractivity contribution is 0.696. The molecule has 54 valence electrons. The van der Waals surface area contributed by atoms with E-state index in [2.05, 4.69) is 6.92 Å². The van der Waals surface area contributed by atoms with E-state index >= 15 is 0 Å². The molecule has 1 atom stereocenters. The molecule has 0 aliphatic carbocycles. The zero-order chi connectivity index (χ0) is 7.11. The molecule has 0 fully saturated rings. The summed E-state index contributed by atoms with van der Waals surface area (Å²) < 4.78 is 10.8. The molecule has 0 aliphatic heterocycles. The molecule has 0 amide bonds. The van der Waals surface area contributed by atoms with E-state index in [0.29, 0.717) is 0 Å². The molecule has 9 heavy (non-hydrogen) atoms. The van der Waals surface area contributed by atoms with Gasteiger partial charge in [-0.1, -0.05) is 23.8 Å². The van der Waals surface area contributed by atoms with E-state index in [4.69, 9.17) is 0 Å². The van der Waals surface area contributed by atoms with E-state index in [9.17, 15) is 4.21 Å². The standard InChI is InChI=1S/C6H12OS2/c1-3-5-8-9(7)6-4-2/h4,6H,3,5H2,1-2H3/b6-4-. The Hall–Kier alpha value is 0.240. The first-order chi connectivity index (χ1) is 4.31. The first-order valence-electron chi connectivity index (χ1n) is 2.98. The molecule has 0 heterocycles. The zero-order valence-corrected chi connectivity index (χ0v) is 7.43. The van der Waals surface area contributed by atoms with Gasteiger partial charge in [-0.25, -0.2) is 4.21 Å². The summed E-state index contributed by atoms with van der Waals surface area (Å²) in [6.07, 6.45) is 2.91. The van der Waals surface area contributed by atoms with Crippen molar-refractivity contribution in [1.82, 2.24) is 0 Å². The predicted octanol–water partition coefficient (Wildman–Crippen LogP) is 2.33. The Kier molecular flexibility index (Phi) is 6.53. The molecule has 1 unspecified atom stereocenters. The first kappa shape index (κ1) is 9.24. The van der Waals surface area contributed by atoms with Gasteiger partial charge in [0.1, 0.15) is 9.83 Å². The van der Waals surface area contributed by atoms with Gasteiger partial charge in [0.25, 0.3) is 0 Å². The normalized spacial score (nSPS) is 14.4. The van der Waals surface area contributed by atoms with Gasteiger partial charge in [-0.15, -0.1) is 0 Å². The van der Waals surface area contributed by atoms with Crippen LogP contribution in [0, 0.1) is 0 Å². The Labute approximate surface area is 62.8 Å². The zero-order valence-electron chi connectivity index (χ0n) is 5.79. The van der Waals surface area contributed by atoms with Crippen molar-refractivity contribution in [2.24, 2.45) is 0 Å². The minimum Gasteiger partial charge on any atom is -0.243 e. The van der Waals surface area contributed by atoms with Crippen LogP contribution >= 0.6 is 10.8 Å². The maximum Gasteiger partial charge on any atom is 0.105 e. The molecule has 0 aromatic carbocycles. The van der Waals surface area contributed by atoms with Crippen LogP contribution in [0.25, 0.3) is 0 Å². The van der Waals surface area contributed by atoms with Crippen LogP contribution in [0.1, 0.15) is 20.3 Å². The van der Waals surface area contributed by atoms with Crippen LogP contribution in [0.2, 0.25) is 0 Å². The summed E-state index contributed by atoms with van der Waals surface area (Å²) in [4.78, 5) is 0. The fourth-order valence-corrected chi connectivity index (χ4v) is 2.51. The monoisotopic (exact) mass is 164 g/mol. The molecule has 0 aliphatic rings. The smallest absolute Gasteiger partial charge is 0.105 e. The summed E-state index contributed by atoms with van der Waals surface area (Å²) in [7, 11) is 0.703. The largest absolute Gasteiger partial charge is 0.243 e. The lowest BCUT2D eigenvalue weighted by Crippen LogP contribution is -1.78. The van der Waals surface area contributed by atoms with Gasteiger partial charge in [-0.2, -0.15) is 0 Å². The molecule has 0 saturated heterocycles. The molecular formula is C6H12OS2. The summed E-state index contributed by atoms with van der Waals surface area (Å²) in [5.74, 6) is 0.983. The van der Waals surface area contributed by atoms with Crippen LogP contribution in [0.4, 0.5) is 0 Å². The summed E-state index contributed by atoms with van der Waals surface area (Å²) in [6.45, 7) is 3.96. The second kappa shape index (κ2) is 6.36. The Balaban J connectivity index is 3.27. The molecule has 0 aromatic rings. The quantitative estimate of drug-likeness (QED) is 0.593. The minimum atomic E-state index is -0.784. The fourth-order valence-electron chi connectivity index (χ4n) is 0.316. The molecule has 0 aromatic heterocycles. The van der Waals surface area contributed by atoms with Gasteiger partial charge in [-0.05, 0) is 13.3 Å². The Morgan fingerprint density at radius 1 is 1.67 bits per heavy atom. The predicted molar refractivity (Wildman–Crippen MR) is 45.7 cm³/mol. The van der Waals surface area contributed by atoms with Crippen LogP contribution in [0.5, 0.6) is 0 Å². The fraction of sp³-hybridized carbons (Fsp3) is 0.667. The second-order valence-electron chi connectivity index (χ2n) is 1.55. The van der Waals surface area contributed by atoms with E-state index in [1.807, 2.05) is 13.0 Å². The first-order valence-corrected chi connectivity index (χ1v) is 5.69. The van der Waals surface area contributed by atoms with Crippen molar-refractivity contribution >= 4 is 20.6 Å². The van der Waals surface area contributed by atoms with Crippen LogP contribution in [0.3, 0.4) is 0 Å². The highest BCUT2D eigenvalue weighted by molar-refractivity contribution is 8.70. The summed E-state index contributed by atoms with van der Waals surface area (Å²) in [5.41, 5.74) is 0. The number of rotatable bonds is 4. The van der Waals surface area contributed by atoms with Crippen LogP contribution < -0.4 is 0 Å². The Bertz CT molecular complexity index is 110. The van der Waals surface area contributed by atoms with Crippen molar-refractivity contribution in [1.29, 1.82) is 0 Å². The van der Waals surface area contributed by atoms with Crippen molar-refractivity contribution in [2.75, 3.05) is 5.75 Å². The van der Waals surface area contributed by atoms with Crippen molar-refractivity contribution in [3.8, 4) is 0 Å². The van der Waals surface area contributed by atoms with E-state index in [-0.39, 0.29) is 0 Å². The third-order valence-electron chi connectivity index (χ3n) is 0.651. The SMILES string of the molecule is C/C=C\S(=O)SCCC. The lowest BCUT2D eigenvalue weighted by Gasteiger charge is -1.90. The topological polar surface area (TPSA) is 17.1 Å². The summed E-state index contributed by atoms with van der Waals surface area (Å²) in [5, 5.41) is 1.71. The molecule has 3 heteroatoms. The van der Waals surface area contributed by atoms with Gasteiger partial charge < -0.3 is 0 Å². The van der Waals surface area contributed by atoms with Gasteiger partial charge in [0.15, 0.2) is 0 Å². The van der Waals surface area contributed by atoms with E-state index in [0.717, 1.165) is 12.2 Å².